The van der Waals surface area contributed by atoms with Gasteiger partial charge in [-0.05, 0) is 39.2 Å². The van der Waals surface area contributed by atoms with Gasteiger partial charge in [0, 0.05) is 18.3 Å². The van der Waals surface area contributed by atoms with Crippen LogP contribution in [0.15, 0.2) is 53.5 Å². The monoisotopic (exact) mass is 396 g/mol. The molecule has 1 aliphatic carbocycles. The number of benzene rings is 1. The molecule has 2 heterocycles. The van der Waals surface area contributed by atoms with Crippen LogP contribution < -0.4 is 10.4 Å². The number of rotatable bonds is 3. The zero-order chi connectivity index (χ0) is 20.8. The molecule has 1 aromatic carbocycles. The van der Waals surface area contributed by atoms with Crippen molar-refractivity contribution < 1.29 is 19.1 Å². The van der Waals surface area contributed by atoms with Crippen molar-refractivity contribution in [2.45, 2.75) is 52.0 Å². The lowest BCUT2D eigenvalue weighted by atomic mass is 9.93. The number of hydrogen-bond acceptors (Lipinski definition) is 5. The highest BCUT2D eigenvalue weighted by molar-refractivity contribution is 6.04. The normalized spacial score (nSPS) is 19.8. The molecule has 2 aliphatic rings. The molecule has 1 amide bonds. The third-order valence-corrected chi connectivity index (χ3v) is 5.14. The summed E-state index contributed by atoms with van der Waals surface area (Å²) in [6.45, 7) is 5.58. The standard InChI is InChI=1S/C22H24N2O5/c1-21(2,3)29-20(27)24-19(28-14-15-7-5-4-6-8-15)22(10-11-22)18(26)17-13-16(25)9-12-23(17)24/h4-9,12-13,19H,10-11,14H2,1-3H3. The number of carbonyl (C=O) groups excluding carboxylic acids is 2. The van der Waals surface area contributed by atoms with Crippen LogP contribution in [0.3, 0.4) is 0 Å². The summed E-state index contributed by atoms with van der Waals surface area (Å²) in [5, 5.41) is 1.33. The summed E-state index contributed by atoms with van der Waals surface area (Å²) in [6, 6.07) is 12.2. The van der Waals surface area contributed by atoms with E-state index in [0.717, 1.165) is 5.56 Å². The lowest BCUT2D eigenvalue weighted by Crippen LogP contribution is -2.61. The van der Waals surface area contributed by atoms with Crippen molar-refractivity contribution in [3.63, 3.8) is 0 Å². The van der Waals surface area contributed by atoms with Gasteiger partial charge in [-0.3, -0.25) is 9.59 Å². The quantitative estimate of drug-likeness (QED) is 0.796. The maximum Gasteiger partial charge on any atom is 0.432 e. The molecule has 1 unspecified atom stereocenters. The Kier molecular flexibility index (Phi) is 4.58. The SMILES string of the molecule is CC(C)(C)OC(=O)N1C(OCc2ccccc2)C2(CC2)C(=O)c2cc(=O)ccn21. The minimum Gasteiger partial charge on any atom is -0.442 e. The molecule has 0 radical (unpaired) electrons. The van der Waals surface area contributed by atoms with E-state index in [1.54, 1.807) is 20.8 Å². The van der Waals surface area contributed by atoms with Crippen LogP contribution in [-0.4, -0.2) is 28.4 Å². The third-order valence-electron chi connectivity index (χ3n) is 5.14. The van der Waals surface area contributed by atoms with E-state index in [2.05, 4.69) is 0 Å². The summed E-state index contributed by atoms with van der Waals surface area (Å²) in [5.74, 6) is -0.173. The van der Waals surface area contributed by atoms with Gasteiger partial charge in [-0.2, -0.15) is 5.01 Å². The first kappa shape index (κ1) is 19.4. The van der Waals surface area contributed by atoms with Gasteiger partial charge in [0.1, 0.15) is 11.3 Å². The molecule has 4 rings (SSSR count). The van der Waals surface area contributed by atoms with E-state index >= 15 is 0 Å². The fourth-order valence-electron chi connectivity index (χ4n) is 3.63. The van der Waals surface area contributed by atoms with Gasteiger partial charge in [0.2, 0.25) is 0 Å². The van der Waals surface area contributed by atoms with Gasteiger partial charge in [0.15, 0.2) is 17.4 Å². The largest absolute Gasteiger partial charge is 0.442 e. The molecular weight excluding hydrogens is 372 g/mol. The minimum atomic E-state index is -0.848. The number of nitrogens with zero attached hydrogens (tertiary/aromatic N) is 2. The number of Topliss-reactive ketones (excluding diaryl/α,β-unsaturated/α-hetero) is 1. The Morgan fingerprint density at radius 1 is 1.14 bits per heavy atom. The van der Waals surface area contributed by atoms with Crippen LogP contribution in [0.5, 0.6) is 0 Å². The van der Waals surface area contributed by atoms with Crippen molar-refractivity contribution in [3.05, 3.63) is 70.1 Å². The average molecular weight is 396 g/mol. The number of pyridine rings is 1. The summed E-state index contributed by atoms with van der Waals surface area (Å²) in [5.41, 5.74) is -0.739. The summed E-state index contributed by atoms with van der Waals surface area (Å²) in [7, 11) is 0. The summed E-state index contributed by atoms with van der Waals surface area (Å²) < 4.78 is 13.1. The van der Waals surface area contributed by atoms with Crippen LogP contribution in [0.2, 0.25) is 0 Å². The molecule has 1 aromatic heterocycles. The second-order valence-corrected chi connectivity index (χ2v) is 8.55. The van der Waals surface area contributed by atoms with Gasteiger partial charge in [-0.25, -0.2) is 9.47 Å². The third kappa shape index (κ3) is 3.58. The number of aromatic nitrogens is 1. The number of fused-ring (bicyclic) bond motifs is 1. The number of carbonyl (C=O) groups is 2. The zero-order valence-corrected chi connectivity index (χ0v) is 16.8. The lowest BCUT2D eigenvalue weighted by molar-refractivity contribution is -0.0326. The maximum atomic E-state index is 13.2. The van der Waals surface area contributed by atoms with Crippen molar-refractivity contribution in [1.82, 2.24) is 4.68 Å². The van der Waals surface area contributed by atoms with Gasteiger partial charge in [-0.1, -0.05) is 30.3 Å². The number of hydrogen-bond donors (Lipinski definition) is 0. The number of ether oxygens (including phenoxy) is 2. The lowest BCUT2D eigenvalue weighted by Gasteiger charge is -2.42. The van der Waals surface area contributed by atoms with E-state index in [0.29, 0.717) is 12.8 Å². The summed E-state index contributed by atoms with van der Waals surface area (Å²) >= 11 is 0. The molecule has 1 atom stereocenters. The predicted octanol–water partition coefficient (Wildman–Crippen LogP) is 3.24. The second kappa shape index (κ2) is 6.84. The topological polar surface area (TPSA) is 77.8 Å². The van der Waals surface area contributed by atoms with Crippen LogP contribution in [0.25, 0.3) is 0 Å². The highest BCUT2D eigenvalue weighted by atomic mass is 16.6. The van der Waals surface area contributed by atoms with Crippen molar-refractivity contribution in [3.8, 4) is 0 Å². The van der Waals surface area contributed by atoms with E-state index in [1.165, 1.54) is 28.0 Å². The molecule has 7 heteroatoms. The first-order chi connectivity index (χ1) is 13.7. The number of amides is 1. The molecule has 0 N–H and O–H groups in total. The van der Waals surface area contributed by atoms with Crippen LogP contribution in [0.4, 0.5) is 4.79 Å². The molecule has 29 heavy (non-hydrogen) atoms. The van der Waals surface area contributed by atoms with Crippen LogP contribution >= 0.6 is 0 Å². The fraction of sp³-hybridized carbons (Fsp3) is 0.409. The Morgan fingerprint density at radius 3 is 2.45 bits per heavy atom. The zero-order valence-electron chi connectivity index (χ0n) is 16.8. The smallest absolute Gasteiger partial charge is 0.432 e. The molecule has 1 aliphatic heterocycles. The summed E-state index contributed by atoms with van der Waals surface area (Å²) in [6.07, 6.45) is 1.16. The van der Waals surface area contributed by atoms with E-state index in [1.807, 2.05) is 30.3 Å². The highest BCUT2D eigenvalue weighted by Gasteiger charge is 2.63. The van der Waals surface area contributed by atoms with E-state index in [4.69, 9.17) is 9.47 Å². The van der Waals surface area contributed by atoms with Crippen molar-refractivity contribution in [2.24, 2.45) is 5.41 Å². The van der Waals surface area contributed by atoms with Gasteiger partial charge < -0.3 is 9.47 Å². The van der Waals surface area contributed by atoms with Gasteiger partial charge in [-0.15, -0.1) is 0 Å². The molecule has 1 saturated carbocycles. The van der Waals surface area contributed by atoms with Crippen LogP contribution in [-0.2, 0) is 16.1 Å². The van der Waals surface area contributed by atoms with E-state index in [9.17, 15) is 14.4 Å². The van der Waals surface area contributed by atoms with Gasteiger partial charge in [0.05, 0.1) is 12.0 Å². The fourth-order valence-corrected chi connectivity index (χ4v) is 3.63. The Balaban J connectivity index is 1.75. The van der Waals surface area contributed by atoms with Crippen LogP contribution in [0, 0.1) is 5.41 Å². The van der Waals surface area contributed by atoms with Crippen molar-refractivity contribution >= 4 is 11.9 Å². The maximum absolute atomic E-state index is 13.2. The molecular formula is C22H24N2O5. The minimum absolute atomic E-state index is 0.173. The molecule has 0 saturated heterocycles. The Hall–Kier alpha value is -2.93. The Labute approximate surface area is 168 Å². The summed E-state index contributed by atoms with van der Waals surface area (Å²) in [4.78, 5) is 38.2. The van der Waals surface area contributed by atoms with Crippen molar-refractivity contribution in [1.29, 1.82) is 0 Å². The van der Waals surface area contributed by atoms with E-state index < -0.39 is 23.3 Å². The Morgan fingerprint density at radius 2 is 1.83 bits per heavy atom. The Bertz CT molecular complexity index is 1000. The average Bonchev–Trinajstić information content (AvgIpc) is 3.45. The van der Waals surface area contributed by atoms with E-state index in [-0.39, 0.29) is 23.5 Å². The second-order valence-electron chi connectivity index (χ2n) is 8.55. The molecule has 2 aromatic rings. The van der Waals surface area contributed by atoms with Crippen LogP contribution in [0.1, 0.15) is 49.7 Å². The number of ketones is 1. The molecule has 7 nitrogen and oxygen atoms in total. The molecule has 152 valence electrons. The predicted molar refractivity (Wildman–Crippen MR) is 106 cm³/mol. The molecule has 0 bridgehead atoms. The molecule has 1 fully saturated rings. The highest BCUT2D eigenvalue weighted by Crippen LogP contribution is 2.55. The first-order valence-electron chi connectivity index (χ1n) is 9.67. The van der Waals surface area contributed by atoms with Gasteiger partial charge in [0.25, 0.3) is 0 Å². The van der Waals surface area contributed by atoms with Gasteiger partial charge >= 0.3 is 6.09 Å². The first-order valence-corrected chi connectivity index (χ1v) is 9.67. The molecule has 1 spiro atoms. The van der Waals surface area contributed by atoms with Crippen molar-refractivity contribution in [2.75, 3.05) is 5.01 Å².